The summed E-state index contributed by atoms with van der Waals surface area (Å²) in [5.74, 6) is -2.21. The Labute approximate surface area is 259 Å². The lowest BCUT2D eigenvalue weighted by molar-refractivity contribution is -0.0589. The zero-order valence-corrected chi connectivity index (χ0v) is 25.1. The molecule has 6 rings (SSSR count). The van der Waals surface area contributed by atoms with E-state index in [9.17, 15) is 4.79 Å². The summed E-state index contributed by atoms with van der Waals surface area (Å²) in [6, 6.07) is 13.2. The maximum atomic E-state index is 15.5. The number of hydrogen-bond acceptors (Lipinski definition) is 7. The lowest BCUT2D eigenvalue weighted by atomic mass is 10.0. The summed E-state index contributed by atoms with van der Waals surface area (Å²) in [6.07, 6.45) is 2.16. The molecule has 8 nitrogen and oxygen atoms in total. The minimum absolute atomic E-state index is 0.0183. The molecule has 226 valence electrons. The van der Waals surface area contributed by atoms with Crippen LogP contribution in [-0.2, 0) is 29.0 Å². The first kappa shape index (κ1) is 29.8. The zero-order valence-electron chi connectivity index (χ0n) is 23.5. The van der Waals surface area contributed by atoms with E-state index in [0.717, 1.165) is 30.2 Å². The number of esters is 1. The minimum atomic E-state index is -0.716. The third-order valence-corrected chi connectivity index (χ3v) is 7.71. The Morgan fingerprint density at radius 2 is 1.91 bits per heavy atom. The Morgan fingerprint density at radius 1 is 1.07 bits per heavy atom. The third-order valence-electron chi connectivity index (χ3n) is 7.24. The number of imidazole rings is 1. The summed E-state index contributed by atoms with van der Waals surface area (Å²) in [5.41, 5.74) is 1.40. The highest BCUT2D eigenvalue weighted by Gasteiger charge is 2.25. The van der Waals surface area contributed by atoms with Gasteiger partial charge in [-0.2, -0.15) is 0 Å². The van der Waals surface area contributed by atoms with Crippen LogP contribution in [0.25, 0.3) is 22.3 Å². The van der Waals surface area contributed by atoms with Crippen LogP contribution in [0.1, 0.15) is 40.7 Å². The molecule has 0 saturated carbocycles. The highest BCUT2D eigenvalue weighted by atomic mass is 79.9. The number of rotatable bonds is 10. The highest BCUT2D eigenvalue weighted by molar-refractivity contribution is 9.10. The Kier molecular flexibility index (Phi) is 8.62. The van der Waals surface area contributed by atoms with E-state index >= 15 is 13.2 Å². The monoisotopic (exact) mass is 666 g/mol. The van der Waals surface area contributed by atoms with Gasteiger partial charge in [-0.05, 0) is 71.2 Å². The van der Waals surface area contributed by atoms with Gasteiger partial charge in [-0.15, -0.1) is 0 Å². The van der Waals surface area contributed by atoms with Crippen molar-refractivity contribution in [2.75, 3.05) is 13.2 Å². The molecule has 2 aromatic carbocycles. The Morgan fingerprint density at radius 3 is 2.64 bits per heavy atom. The van der Waals surface area contributed by atoms with Crippen LogP contribution < -0.4 is 4.74 Å². The normalized spacial score (nSPS) is 14.4. The number of ether oxygens (including phenoxy) is 3. The van der Waals surface area contributed by atoms with Crippen LogP contribution in [0, 0.1) is 17.5 Å². The number of carbonyl (C=O) groups excluding carboxylic acids is 1. The number of aromatic nitrogens is 4. The Bertz CT molecular complexity index is 1840. The molecule has 4 heterocycles. The molecule has 1 fully saturated rings. The molecule has 0 amide bonds. The quantitative estimate of drug-likeness (QED) is 0.120. The van der Waals surface area contributed by atoms with E-state index in [1.165, 1.54) is 6.07 Å². The molecular weight excluding hydrogens is 641 g/mol. The summed E-state index contributed by atoms with van der Waals surface area (Å²) in [4.78, 5) is 25.3. The fraction of sp³-hybridized carbons (Fsp3) is 0.250. The number of fused-ring (bicyclic) bond motifs is 1. The van der Waals surface area contributed by atoms with Crippen LogP contribution in [0.4, 0.5) is 13.2 Å². The van der Waals surface area contributed by atoms with Crippen LogP contribution in [0.2, 0.25) is 0 Å². The Balaban J connectivity index is 1.29. The second kappa shape index (κ2) is 12.7. The van der Waals surface area contributed by atoms with Crippen LogP contribution in [0.3, 0.4) is 0 Å². The molecule has 0 N–H and O–H groups in total. The number of hydrogen-bond donors (Lipinski definition) is 0. The van der Waals surface area contributed by atoms with Gasteiger partial charge in [0.05, 0.1) is 36.0 Å². The predicted octanol–water partition coefficient (Wildman–Crippen LogP) is 6.81. The van der Waals surface area contributed by atoms with E-state index < -0.39 is 23.4 Å². The molecule has 0 radical (unpaired) electrons. The van der Waals surface area contributed by atoms with Crippen LogP contribution in [0.15, 0.2) is 65.4 Å². The summed E-state index contributed by atoms with van der Waals surface area (Å²) < 4.78 is 64.9. The smallest absolute Gasteiger partial charge is 0.338 e. The first-order chi connectivity index (χ1) is 21.3. The molecule has 0 unspecified atom stereocenters. The molecule has 1 atom stereocenters. The van der Waals surface area contributed by atoms with Gasteiger partial charge >= 0.3 is 5.97 Å². The topological polar surface area (TPSA) is 88.4 Å². The van der Waals surface area contributed by atoms with Gasteiger partial charge in [-0.1, -0.05) is 12.1 Å². The highest BCUT2D eigenvalue weighted by Crippen LogP contribution is 2.30. The summed E-state index contributed by atoms with van der Waals surface area (Å²) in [5, 5.41) is 0. The van der Waals surface area contributed by atoms with Gasteiger partial charge in [0, 0.05) is 36.4 Å². The number of pyridine rings is 2. The van der Waals surface area contributed by atoms with Crippen molar-refractivity contribution in [3.8, 4) is 17.1 Å². The van der Waals surface area contributed by atoms with E-state index in [2.05, 4.69) is 30.9 Å². The van der Waals surface area contributed by atoms with Gasteiger partial charge in [-0.3, -0.25) is 0 Å². The molecule has 1 aliphatic heterocycles. The molecule has 1 saturated heterocycles. The molecular formula is C32H26BrF3N4O4. The summed E-state index contributed by atoms with van der Waals surface area (Å²) in [7, 11) is 0. The van der Waals surface area contributed by atoms with Gasteiger partial charge in [0.2, 0.25) is 5.88 Å². The van der Waals surface area contributed by atoms with Gasteiger partial charge in [0.1, 0.15) is 34.2 Å². The molecule has 44 heavy (non-hydrogen) atoms. The molecule has 1 aliphatic rings. The summed E-state index contributed by atoms with van der Waals surface area (Å²) in [6.45, 7) is 2.90. The van der Waals surface area contributed by atoms with Crippen molar-refractivity contribution in [2.45, 2.75) is 39.0 Å². The van der Waals surface area contributed by atoms with Crippen molar-refractivity contribution in [2.24, 2.45) is 0 Å². The van der Waals surface area contributed by atoms with Gasteiger partial charge < -0.3 is 18.8 Å². The Hall–Kier alpha value is -4.29. The molecule has 12 heteroatoms. The lowest BCUT2D eigenvalue weighted by Gasteiger charge is -2.27. The van der Waals surface area contributed by atoms with E-state index in [-0.39, 0.29) is 59.5 Å². The zero-order chi connectivity index (χ0) is 30.8. The molecule has 5 aromatic rings. The fourth-order valence-electron chi connectivity index (χ4n) is 4.92. The van der Waals surface area contributed by atoms with Crippen LogP contribution in [-0.4, -0.2) is 44.8 Å². The van der Waals surface area contributed by atoms with E-state index in [1.54, 1.807) is 42.0 Å². The largest absolute Gasteiger partial charge is 0.473 e. The molecule has 0 bridgehead atoms. The lowest BCUT2D eigenvalue weighted by Crippen LogP contribution is -2.31. The third kappa shape index (κ3) is 6.31. The number of nitrogens with zero attached hydrogens (tertiary/aromatic N) is 4. The molecule has 3 aromatic heterocycles. The second-order valence-electron chi connectivity index (χ2n) is 10.2. The fourth-order valence-corrected chi connectivity index (χ4v) is 5.15. The van der Waals surface area contributed by atoms with Crippen molar-refractivity contribution in [3.63, 3.8) is 0 Å². The van der Waals surface area contributed by atoms with Crippen molar-refractivity contribution in [3.05, 3.63) is 105 Å². The van der Waals surface area contributed by atoms with E-state index in [0.29, 0.717) is 29.1 Å². The average Bonchev–Trinajstić information content (AvgIpc) is 3.33. The standard InChI is InChI=1S/C32H26BrF3N4O4/c1-2-42-32(41)20-11-25(36)31-27(12-20)40(16-21-8-9-43-21)29(39-31)13-19-10-24(35)22(14-23(19)34)26-4-3-5-30(38-26)44-17-18-6-7-28(33)37-15-18/h3-7,10-12,14-15,21H,2,8-9,13,16-17H2,1H3/t21-/m0/s1. The van der Waals surface area contributed by atoms with Crippen LogP contribution in [0.5, 0.6) is 5.88 Å². The van der Waals surface area contributed by atoms with Gasteiger partial charge in [0.15, 0.2) is 5.82 Å². The van der Waals surface area contributed by atoms with Gasteiger partial charge in [-0.25, -0.2) is 32.9 Å². The van der Waals surface area contributed by atoms with Crippen LogP contribution >= 0.6 is 15.9 Å². The van der Waals surface area contributed by atoms with Crippen molar-refractivity contribution < 1.29 is 32.2 Å². The van der Waals surface area contributed by atoms with Crippen molar-refractivity contribution in [1.82, 2.24) is 19.5 Å². The minimum Gasteiger partial charge on any atom is -0.473 e. The maximum absolute atomic E-state index is 15.5. The van der Waals surface area contributed by atoms with Crippen molar-refractivity contribution in [1.29, 1.82) is 0 Å². The average molecular weight is 667 g/mol. The summed E-state index contributed by atoms with van der Waals surface area (Å²) >= 11 is 3.28. The van der Waals surface area contributed by atoms with E-state index in [4.69, 9.17) is 14.2 Å². The van der Waals surface area contributed by atoms with Crippen molar-refractivity contribution >= 4 is 32.9 Å². The van der Waals surface area contributed by atoms with E-state index in [1.807, 2.05) is 6.07 Å². The predicted molar refractivity (Wildman–Crippen MR) is 159 cm³/mol. The molecule has 0 spiro atoms. The number of carbonyl (C=O) groups is 1. The van der Waals surface area contributed by atoms with Gasteiger partial charge in [0.25, 0.3) is 0 Å². The SMILES string of the molecule is CCOC(=O)c1cc(F)c2nc(Cc3cc(F)c(-c4cccc(OCc5ccc(Br)nc5)n4)cc3F)n(C[C@@H]3CCO3)c2c1. The maximum Gasteiger partial charge on any atom is 0.338 e. The first-order valence-electron chi connectivity index (χ1n) is 13.9. The number of halogens is 4. The first-order valence-corrected chi connectivity index (χ1v) is 14.7. The second-order valence-corrected chi connectivity index (χ2v) is 11.0. The number of benzene rings is 2. The molecule has 0 aliphatic carbocycles.